The van der Waals surface area contributed by atoms with Crippen molar-refractivity contribution in [3.05, 3.63) is 0 Å². The first kappa shape index (κ1) is 14.7. The van der Waals surface area contributed by atoms with Crippen LogP contribution in [-0.4, -0.2) is 73.7 Å². The van der Waals surface area contributed by atoms with Crippen molar-refractivity contribution in [2.45, 2.75) is 62.2 Å². The first-order chi connectivity index (χ1) is 10.9. The van der Waals surface area contributed by atoms with E-state index in [0.717, 1.165) is 9.80 Å². The van der Waals surface area contributed by atoms with Crippen LogP contribution in [0.5, 0.6) is 0 Å². The van der Waals surface area contributed by atoms with Gasteiger partial charge in [0.15, 0.2) is 5.72 Å². The molecule has 0 radical (unpaired) electrons. The summed E-state index contributed by atoms with van der Waals surface area (Å²) in [7, 11) is 0. The van der Waals surface area contributed by atoms with E-state index in [4.69, 9.17) is 4.74 Å². The molecule has 5 unspecified atom stereocenters. The van der Waals surface area contributed by atoms with Crippen LogP contribution in [0.4, 0.5) is 0 Å². The lowest BCUT2D eigenvalue weighted by molar-refractivity contribution is -0.154. The van der Waals surface area contributed by atoms with Crippen LogP contribution >= 0.6 is 0 Å². The molecule has 4 amide bonds. The van der Waals surface area contributed by atoms with Crippen molar-refractivity contribution in [2.24, 2.45) is 0 Å². The Bertz CT molecular complexity index is 601. The van der Waals surface area contributed by atoms with Gasteiger partial charge in [0.05, 0.1) is 6.04 Å². The van der Waals surface area contributed by atoms with Crippen LogP contribution in [0.3, 0.4) is 0 Å². The number of ether oxygens (including phenoxy) is 1. The van der Waals surface area contributed by atoms with Gasteiger partial charge in [-0.3, -0.25) is 24.1 Å². The van der Waals surface area contributed by atoms with Gasteiger partial charge in [-0.15, -0.1) is 0 Å². The van der Waals surface area contributed by atoms with Gasteiger partial charge in [-0.1, -0.05) is 0 Å². The maximum atomic E-state index is 12.0. The molecule has 3 aliphatic heterocycles. The molecule has 1 saturated carbocycles. The molecule has 0 spiro atoms. The number of epoxide rings is 1. The molecule has 0 aromatic carbocycles. The molecule has 2 N–H and O–H groups in total. The number of aliphatic hydroxyl groups is 2. The molecule has 3 heterocycles. The quantitative estimate of drug-likeness (QED) is 0.439. The van der Waals surface area contributed by atoms with E-state index < -0.39 is 53.7 Å². The van der Waals surface area contributed by atoms with Crippen molar-refractivity contribution < 1.29 is 34.1 Å². The lowest BCUT2D eigenvalue weighted by Gasteiger charge is -2.39. The van der Waals surface area contributed by atoms with Crippen molar-refractivity contribution in [3.63, 3.8) is 0 Å². The number of carbonyl (C=O) groups excluding carboxylic acids is 4. The molecule has 1 aliphatic carbocycles. The summed E-state index contributed by atoms with van der Waals surface area (Å²) < 4.78 is 5.46. The van der Waals surface area contributed by atoms with Gasteiger partial charge in [0, 0.05) is 32.1 Å². The van der Waals surface area contributed by atoms with Gasteiger partial charge in [-0.25, -0.2) is 4.90 Å². The van der Waals surface area contributed by atoms with Crippen LogP contribution in [0.2, 0.25) is 0 Å². The molecule has 0 aromatic heterocycles. The van der Waals surface area contributed by atoms with Crippen LogP contribution in [-0.2, 0) is 23.9 Å². The van der Waals surface area contributed by atoms with Gasteiger partial charge in [-0.2, -0.15) is 0 Å². The number of hydrogen-bond donors (Lipinski definition) is 2. The number of imide groups is 2. The summed E-state index contributed by atoms with van der Waals surface area (Å²) in [5.41, 5.74) is -1.35. The van der Waals surface area contributed by atoms with E-state index >= 15 is 0 Å². The minimum atomic E-state index is -1.38. The number of amides is 4. The zero-order chi connectivity index (χ0) is 16.5. The largest absolute Gasteiger partial charge is 0.388 e. The second-order valence-corrected chi connectivity index (χ2v) is 6.42. The number of aliphatic hydroxyl groups excluding tert-OH is 2. The highest BCUT2D eigenvalue weighted by atomic mass is 16.6. The van der Waals surface area contributed by atoms with E-state index in [1.54, 1.807) is 0 Å². The van der Waals surface area contributed by atoms with Crippen molar-refractivity contribution in [1.82, 2.24) is 9.80 Å². The molecule has 23 heavy (non-hydrogen) atoms. The molecule has 9 heteroatoms. The number of likely N-dealkylation sites (tertiary alicyclic amines) is 2. The number of fused-ring (bicyclic) bond motifs is 1. The SMILES string of the molecule is O=C1CCC(=O)N1C1CC2(N3C(=O)CCC3=O)OC2C(O)C1O. The molecule has 4 rings (SSSR count). The average molecular weight is 324 g/mol. The summed E-state index contributed by atoms with van der Waals surface area (Å²) in [6, 6.07) is -1.01. The van der Waals surface area contributed by atoms with E-state index in [1.165, 1.54) is 0 Å². The molecule has 0 aromatic rings. The monoisotopic (exact) mass is 324 g/mol. The zero-order valence-electron chi connectivity index (χ0n) is 12.2. The fraction of sp³-hybridized carbons (Fsp3) is 0.714. The first-order valence-corrected chi connectivity index (χ1v) is 7.61. The van der Waals surface area contributed by atoms with Crippen molar-refractivity contribution >= 4 is 23.6 Å². The fourth-order valence-electron chi connectivity index (χ4n) is 3.99. The first-order valence-electron chi connectivity index (χ1n) is 7.61. The molecular formula is C14H16N2O7. The Morgan fingerprint density at radius 3 is 1.96 bits per heavy atom. The van der Waals surface area contributed by atoms with E-state index in [0.29, 0.717) is 0 Å². The lowest BCUT2D eigenvalue weighted by atomic mass is 9.84. The van der Waals surface area contributed by atoms with Crippen molar-refractivity contribution in [3.8, 4) is 0 Å². The zero-order valence-corrected chi connectivity index (χ0v) is 12.2. The second-order valence-electron chi connectivity index (χ2n) is 6.42. The van der Waals surface area contributed by atoms with E-state index in [-0.39, 0.29) is 32.1 Å². The molecule has 3 saturated heterocycles. The van der Waals surface area contributed by atoms with Gasteiger partial charge in [-0.05, 0) is 0 Å². The highest BCUT2D eigenvalue weighted by Gasteiger charge is 2.73. The van der Waals surface area contributed by atoms with Gasteiger partial charge < -0.3 is 14.9 Å². The third-order valence-corrected chi connectivity index (χ3v) is 5.13. The van der Waals surface area contributed by atoms with Crippen LogP contribution in [0.15, 0.2) is 0 Å². The predicted octanol–water partition coefficient (Wildman–Crippen LogP) is -2.13. The third-order valence-electron chi connectivity index (χ3n) is 5.13. The molecular weight excluding hydrogens is 308 g/mol. The summed E-state index contributed by atoms with van der Waals surface area (Å²) in [4.78, 5) is 49.8. The molecule has 0 bridgehead atoms. The van der Waals surface area contributed by atoms with E-state index in [9.17, 15) is 29.4 Å². The molecule has 4 aliphatic rings. The predicted molar refractivity (Wildman–Crippen MR) is 70.2 cm³/mol. The van der Waals surface area contributed by atoms with Crippen LogP contribution < -0.4 is 0 Å². The van der Waals surface area contributed by atoms with Crippen molar-refractivity contribution in [1.29, 1.82) is 0 Å². The van der Waals surface area contributed by atoms with Gasteiger partial charge >= 0.3 is 0 Å². The number of carbonyl (C=O) groups is 4. The summed E-state index contributed by atoms with van der Waals surface area (Å²) in [5, 5.41) is 20.5. The van der Waals surface area contributed by atoms with Gasteiger partial charge in [0.1, 0.15) is 18.3 Å². The molecule has 124 valence electrons. The summed E-state index contributed by atoms with van der Waals surface area (Å²) in [6.07, 6.45) is -3.44. The van der Waals surface area contributed by atoms with E-state index in [1.807, 2.05) is 0 Å². The maximum Gasteiger partial charge on any atom is 0.232 e. The summed E-state index contributed by atoms with van der Waals surface area (Å²) >= 11 is 0. The Morgan fingerprint density at radius 2 is 1.39 bits per heavy atom. The van der Waals surface area contributed by atoms with E-state index in [2.05, 4.69) is 0 Å². The van der Waals surface area contributed by atoms with Gasteiger partial charge in [0.25, 0.3) is 0 Å². The number of rotatable bonds is 2. The molecule has 9 nitrogen and oxygen atoms in total. The van der Waals surface area contributed by atoms with Crippen LogP contribution in [0.25, 0.3) is 0 Å². The van der Waals surface area contributed by atoms with Crippen LogP contribution in [0.1, 0.15) is 32.1 Å². The third kappa shape index (κ3) is 1.84. The summed E-state index contributed by atoms with van der Waals surface area (Å²) in [6.45, 7) is 0. The summed E-state index contributed by atoms with van der Waals surface area (Å²) in [5.74, 6) is -1.67. The van der Waals surface area contributed by atoms with Crippen molar-refractivity contribution in [2.75, 3.05) is 0 Å². The highest BCUT2D eigenvalue weighted by Crippen LogP contribution is 2.53. The Balaban J connectivity index is 1.67. The Morgan fingerprint density at radius 1 is 0.870 bits per heavy atom. The minimum Gasteiger partial charge on any atom is -0.388 e. The Labute approximate surface area is 130 Å². The standard InChI is InChI=1S/C14H16N2O7/c17-7-1-2-8(18)15(7)6-5-14(13(23-14)12(22)11(6)21)16-9(19)3-4-10(16)20/h6,11-13,21-22H,1-5H2. The molecule has 5 atom stereocenters. The topological polar surface area (TPSA) is 128 Å². The maximum absolute atomic E-state index is 12.0. The second kappa shape index (κ2) is 4.59. The normalized spacial score (nSPS) is 43.4. The van der Waals surface area contributed by atoms with Gasteiger partial charge in [0.2, 0.25) is 23.6 Å². The minimum absolute atomic E-state index is 0.0526. The smallest absolute Gasteiger partial charge is 0.232 e. The highest BCUT2D eigenvalue weighted by molar-refractivity contribution is 6.04. The number of hydrogen-bond acceptors (Lipinski definition) is 7. The Kier molecular flexibility index (Phi) is 2.94. The Hall–Kier alpha value is -1.84. The lowest BCUT2D eigenvalue weighted by Crippen LogP contribution is -2.62. The number of nitrogens with zero attached hydrogens (tertiary/aromatic N) is 2. The fourth-order valence-corrected chi connectivity index (χ4v) is 3.99. The average Bonchev–Trinajstić information content (AvgIpc) is 3.00. The van der Waals surface area contributed by atoms with Crippen LogP contribution in [0, 0.1) is 0 Å². The molecule has 4 fully saturated rings.